The molecule has 2 rings (SSSR count). The van der Waals surface area contributed by atoms with Crippen molar-refractivity contribution < 1.29 is 4.79 Å². The van der Waals surface area contributed by atoms with Crippen molar-refractivity contribution in [2.24, 2.45) is 0 Å². The van der Waals surface area contributed by atoms with Gasteiger partial charge in [0.05, 0.1) is 0 Å². The number of rotatable bonds is 4. The first-order valence-corrected chi connectivity index (χ1v) is 6.32. The molecule has 4 heteroatoms. The summed E-state index contributed by atoms with van der Waals surface area (Å²) in [5, 5.41) is 9.51. The molecule has 1 aliphatic carbocycles. The van der Waals surface area contributed by atoms with E-state index in [4.69, 9.17) is 0 Å². The minimum Gasteiger partial charge on any atom is -0.304 e. The molecule has 18 heavy (non-hydrogen) atoms. The molecule has 1 aromatic rings. The van der Waals surface area contributed by atoms with Gasteiger partial charge in [0.25, 0.3) is 0 Å². The molecule has 1 atom stereocenters. The first-order valence-electron chi connectivity index (χ1n) is 6.32. The summed E-state index contributed by atoms with van der Waals surface area (Å²) in [6.07, 6.45) is 1.56. The van der Waals surface area contributed by atoms with Gasteiger partial charge in [0.15, 0.2) is 5.78 Å². The van der Waals surface area contributed by atoms with Crippen molar-refractivity contribution in [1.82, 2.24) is 16.0 Å². The van der Waals surface area contributed by atoms with Gasteiger partial charge in [-0.1, -0.05) is 30.3 Å². The number of ketones is 1. The molecule has 98 valence electrons. The van der Waals surface area contributed by atoms with Crippen molar-refractivity contribution in [2.75, 3.05) is 21.1 Å². The number of benzene rings is 1. The highest BCUT2D eigenvalue weighted by Gasteiger charge is 2.55. The predicted octanol–water partition coefficient (Wildman–Crippen LogP) is 0.599. The molecule has 0 bridgehead atoms. The fourth-order valence-electron chi connectivity index (χ4n) is 2.95. The van der Waals surface area contributed by atoms with Crippen LogP contribution in [0.15, 0.2) is 30.3 Å². The smallest absolute Gasteiger partial charge is 0.191 e. The molecule has 1 aromatic carbocycles. The molecule has 0 radical (unpaired) electrons. The van der Waals surface area contributed by atoms with Gasteiger partial charge in [-0.2, -0.15) is 0 Å². The van der Waals surface area contributed by atoms with Crippen LogP contribution in [0.25, 0.3) is 0 Å². The summed E-state index contributed by atoms with van der Waals surface area (Å²) in [6, 6.07) is 9.93. The van der Waals surface area contributed by atoms with E-state index in [1.54, 1.807) is 0 Å². The number of carbonyl (C=O) groups excluding carboxylic acids is 1. The van der Waals surface area contributed by atoms with Crippen LogP contribution in [-0.4, -0.2) is 32.6 Å². The summed E-state index contributed by atoms with van der Waals surface area (Å²) in [6.45, 7) is 0. The zero-order valence-electron chi connectivity index (χ0n) is 11.2. The summed E-state index contributed by atoms with van der Waals surface area (Å²) in [4.78, 5) is 12.9. The van der Waals surface area contributed by atoms with Crippen LogP contribution in [0.5, 0.6) is 0 Å². The molecule has 0 spiro atoms. The minimum absolute atomic E-state index is 0.161. The molecule has 0 aromatic heterocycles. The van der Waals surface area contributed by atoms with Crippen molar-refractivity contribution in [3.05, 3.63) is 35.9 Å². The Hall–Kier alpha value is -1.23. The van der Waals surface area contributed by atoms with Crippen LogP contribution in [0.1, 0.15) is 18.4 Å². The van der Waals surface area contributed by atoms with Crippen LogP contribution in [0, 0.1) is 0 Å². The maximum Gasteiger partial charge on any atom is 0.191 e. The molecule has 0 heterocycles. The van der Waals surface area contributed by atoms with Gasteiger partial charge in [0.2, 0.25) is 0 Å². The largest absolute Gasteiger partial charge is 0.304 e. The Morgan fingerprint density at radius 3 is 2.00 bits per heavy atom. The Labute approximate surface area is 108 Å². The lowest BCUT2D eigenvalue weighted by molar-refractivity contribution is -0.129. The second kappa shape index (κ2) is 4.80. The second-order valence-corrected chi connectivity index (χ2v) is 4.76. The lowest BCUT2D eigenvalue weighted by atomic mass is 9.86. The van der Waals surface area contributed by atoms with Crippen molar-refractivity contribution in [2.45, 2.75) is 24.0 Å². The summed E-state index contributed by atoms with van der Waals surface area (Å²) in [5.74, 6) is 0.161. The van der Waals surface area contributed by atoms with Gasteiger partial charge >= 0.3 is 0 Å². The van der Waals surface area contributed by atoms with Crippen LogP contribution in [-0.2, 0) is 10.3 Å². The highest BCUT2D eigenvalue weighted by Crippen LogP contribution is 2.39. The van der Waals surface area contributed by atoms with Crippen molar-refractivity contribution >= 4 is 5.78 Å². The van der Waals surface area contributed by atoms with E-state index in [9.17, 15) is 4.79 Å². The Morgan fingerprint density at radius 2 is 1.56 bits per heavy atom. The Kier molecular flexibility index (Phi) is 3.52. The lowest BCUT2D eigenvalue weighted by Gasteiger charge is -2.32. The van der Waals surface area contributed by atoms with Gasteiger partial charge in [-0.3, -0.25) is 15.4 Å². The van der Waals surface area contributed by atoms with Gasteiger partial charge in [-0.25, -0.2) is 0 Å². The maximum absolute atomic E-state index is 12.9. The molecular formula is C14H21N3O. The zero-order chi connectivity index (χ0) is 13.2. The first kappa shape index (κ1) is 13.2. The van der Waals surface area contributed by atoms with Crippen molar-refractivity contribution in [3.63, 3.8) is 0 Å². The quantitative estimate of drug-likeness (QED) is 0.682. The van der Waals surface area contributed by atoms with E-state index in [0.717, 1.165) is 18.4 Å². The molecule has 1 aliphatic rings. The third kappa shape index (κ3) is 1.68. The molecule has 1 unspecified atom stereocenters. The topological polar surface area (TPSA) is 53.2 Å². The number of nitrogens with one attached hydrogen (secondary N) is 3. The SMILES string of the molecule is CNC1(NC)CCC(NC)(c2ccccc2)C1=O. The summed E-state index contributed by atoms with van der Waals surface area (Å²) < 4.78 is 0. The summed E-state index contributed by atoms with van der Waals surface area (Å²) in [7, 11) is 5.50. The number of carbonyl (C=O) groups is 1. The van der Waals surface area contributed by atoms with Crippen molar-refractivity contribution in [1.29, 1.82) is 0 Å². The van der Waals surface area contributed by atoms with E-state index in [0.29, 0.717) is 0 Å². The summed E-state index contributed by atoms with van der Waals surface area (Å²) in [5.41, 5.74) is -0.184. The molecule has 0 amide bonds. The summed E-state index contributed by atoms with van der Waals surface area (Å²) >= 11 is 0. The van der Waals surface area contributed by atoms with Gasteiger partial charge in [0, 0.05) is 0 Å². The highest BCUT2D eigenvalue weighted by molar-refractivity contribution is 5.99. The van der Waals surface area contributed by atoms with Crippen LogP contribution >= 0.6 is 0 Å². The van der Waals surface area contributed by atoms with Gasteiger partial charge in [-0.05, 0) is 39.5 Å². The fraction of sp³-hybridized carbons (Fsp3) is 0.500. The monoisotopic (exact) mass is 247 g/mol. The fourth-order valence-corrected chi connectivity index (χ4v) is 2.95. The zero-order valence-corrected chi connectivity index (χ0v) is 11.2. The molecule has 1 fully saturated rings. The lowest BCUT2D eigenvalue weighted by Crippen LogP contribution is -2.62. The molecule has 4 nitrogen and oxygen atoms in total. The van der Waals surface area contributed by atoms with Crippen molar-refractivity contribution in [3.8, 4) is 0 Å². The molecule has 0 aliphatic heterocycles. The van der Waals surface area contributed by atoms with Gasteiger partial charge in [0.1, 0.15) is 11.2 Å². The predicted molar refractivity (Wildman–Crippen MR) is 72.3 cm³/mol. The number of hydrogen-bond acceptors (Lipinski definition) is 4. The minimum atomic E-state index is -0.626. The third-order valence-corrected chi connectivity index (χ3v) is 4.20. The average Bonchev–Trinajstić information content (AvgIpc) is 2.74. The van der Waals surface area contributed by atoms with E-state index in [2.05, 4.69) is 16.0 Å². The van der Waals surface area contributed by atoms with Gasteiger partial charge < -0.3 is 5.32 Å². The Bertz CT molecular complexity index is 428. The number of Topliss-reactive ketones (excluding diaryl/α,β-unsaturated/α-hetero) is 1. The van der Waals surface area contributed by atoms with E-state index in [-0.39, 0.29) is 5.78 Å². The number of likely N-dealkylation sites (N-methyl/N-ethyl adjacent to an activating group) is 3. The van der Waals surface area contributed by atoms with E-state index in [1.807, 2.05) is 51.5 Å². The van der Waals surface area contributed by atoms with Crippen LogP contribution in [0.2, 0.25) is 0 Å². The maximum atomic E-state index is 12.9. The van der Waals surface area contributed by atoms with Crippen LogP contribution < -0.4 is 16.0 Å². The molecule has 3 N–H and O–H groups in total. The standard InChI is InChI=1S/C14H21N3O/c1-15-13(11-7-5-4-6-8-11)9-10-14(16-2,17-3)12(13)18/h4-8,15-17H,9-10H2,1-3H3. The third-order valence-electron chi connectivity index (χ3n) is 4.20. The second-order valence-electron chi connectivity index (χ2n) is 4.76. The van der Waals surface area contributed by atoms with Gasteiger partial charge in [-0.15, -0.1) is 0 Å². The van der Waals surface area contributed by atoms with E-state index >= 15 is 0 Å². The number of hydrogen-bond donors (Lipinski definition) is 3. The molecule has 1 saturated carbocycles. The van der Waals surface area contributed by atoms with Crippen LogP contribution in [0.3, 0.4) is 0 Å². The average molecular weight is 247 g/mol. The molecular weight excluding hydrogens is 226 g/mol. The molecule has 0 saturated heterocycles. The Balaban J connectivity index is 2.46. The first-order chi connectivity index (χ1) is 8.65. The van der Waals surface area contributed by atoms with E-state index < -0.39 is 11.2 Å². The van der Waals surface area contributed by atoms with Crippen LogP contribution in [0.4, 0.5) is 0 Å². The van der Waals surface area contributed by atoms with E-state index in [1.165, 1.54) is 0 Å². The normalized spacial score (nSPS) is 26.5. The Morgan fingerprint density at radius 1 is 0.944 bits per heavy atom. The highest BCUT2D eigenvalue weighted by atomic mass is 16.1.